The number of Topliss-reactive ketones (excluding diaryl/α,β-unsaturated/α-hetero) is 1. The van der Waals surface area contributed by atoms with Crippen LogP contribution in [0.15, 0.2) is 54.6 Å². The number of aryl methyl sites for hydroxylation is 1. The van der Waals surface area contributed by atoms with Crippen molar-refractivity contribution in [3.8, 4) is 0 Å². The Labute approximate surface area is 147 Å². The number of ketones is 1. The van der Waals surface area contributed by atoms with Crippen LogP contribution < -0.4 is 5.32 Å². The summed E-state index contributed by atoms with van der Waals surface area (Å²) in [6.45, 7) is 1.91. The summed E-state index contributed by atoms with van der Waals surface area (Å²) in [6.07, 6.45) is 0.145. The van der Waals surface area contributed by atoms with Gasteiger partial charge in [-0.1, -0.05) is 60.2 Å². The Morgan fingerprint density at radius 3 is 2.28 bits per heavy atom. The molecule has 0 bridgehead atoms. The van der Waals surface area contributed by atoms with Gasteiger partial charge in [0, 0.05) is 18.4 Å². The number of nitrogens with one attached hydrogen (secondary N) is 1. The van der Waals surface area contributed by atoms with E-state index in [9.17, 15) is 14.4 Å². The zero-order valence-electron chi connectivity index (χ0n) is 14.2. The molecular formula is C20H21NO4. The number of hydrogen-bond acceptors (Lipinski definition) is 4. The minimum atomic E-state index is -0.512. The van der Waals surface area contributed by atoms with Crippen LogP contribution in [-0.4, -0.2) is 24.2 Å². The van der Waals surface area contributed by atoms with Crippen LogP contribution in [0.5, 0.6) is 0 Å². The number of amides is 1. The molecule has 0 aliphatic rings. The molecule has 130 valence electrons. The zero-order chi connectivity index (χ0) is 18.1. The summed E-state index contributed by atoms with van der Waals surface area (Å²) in [6, 6.07) is 16.5. The number of rotatable bonds is 8. The van der Waals surface area contributed by atoms with E-state index in [1.54, 1.807) is 12.1 Å². The van der Waals surface area contributed by atoms with Gasteiger partial charge in [-0.05, 0) is 12.5 Å². The number of carbonyl (C=O) groups is 3. The van der Waals surface area contributed by atoms with Crippen LogP contribution in [0.4, 0.5) is 0 Å². The van der Waals surface area contributed by atoms with E-state index in [1.807, 2.05) is 49.4 Å². The molecule has 1 amide bonds. The highest BCUT2D eigenvalue weighted by atomic mass is 16.5. The van der Waals surface area contributed by atoms with E-state index in [-0.39, 0.29) is 37.7 Å². The Morgan fingerprint density at radius 2 is 1.60 bits per heavy atom. The first-order valence-corrected chi connectivity index (χ1v) is 8.10. The van der Waals surface area contributed by atoms with E-state index in [0.29, 0.717) is 5.56 Å². The predicted octanol–water partition coefficient (Wildman–Crippen LogP) is 2.82. The van der Waals surface area contributed by atoms with Crippen molar-refractivity contribution in [3.63, 3.8) is 0 Å². The molecule has 25 heavy (non-hydrogen) atoms. The summed E-state index contributed by atoms with van der Waals surface area (Å²) in [4.78, 5) is 35.3. The van der Waals surface area contributed by atoms with Crippen LogP contribution in [-0.2, 0) is 20.9 Å². The molecule has 5 heteroatoms. The van der Waals surface area contributed by atoms with Crippen molar-refractivity contribution in [2.45, 2.75) is 26.4 Å². The maximum Gasteiger partial charge on any atom is 0.325 e. The van der Waals surface area contributed by atoms with Crippen molar-refractivity contribution in [1.82, 2.24) is 5.32 Å². The standard InChI is InChI=1S/C20H21NO4/c1-15-7-9-17(10-8-15)18(22)11-12-19(23)21-13-20(24)25-14-16-5-3-2-4-6-16/h2-10H,11-14H2,1H3,(H,21,23). The largest absolute Gasteiger partial charge is 0.460 e. The highest BCUT2D eigenvalue weighted by Gasteiger charge is 2.11. The third-order valence-electron chi connectivity index (χ3n) is 3.63. The van der Waals surface area contributed by atoms with Crippen LogP contribution in [0.25, 0.3) is 0 Å². The summed E-state index contributed by atoms with van der Waals surface area (Å²) < 4.78 is 5.06. The summed E-state index contributed by atoms with van der Waals surface area (Å²) in [5, 5.41) is 2.47. The first-order valence-electron chi connectivity index (χ1n) is 8.10. The van der Waals surface area contributed by atoms with E-state index in [2.05, 4.69) is 5.32 Å². The van der Waals surface area contributed by atoms with Crippen molar-refractivity contribution in [3.05, 3.63) is 71.3 Å². The lowest BCUT2D eigenvalue weighted by Gasteiger charge is -2.07. The normalized spacial score (nSPS) is 10.1. The van der Waals surface area contributed by atoms with E-state index >= 15 is 0 Å². The van der Waals surface area contributed by atoms with Crippen LogP contribution in [0.1, 0.15) is 34.3 Å². The second-order valence-electron chi connectivity index (χ2n) is 5.71. The van der Waals surface area contributed by atoms with Gasteiger partial charge in [-0.15, -0.1) is 0 Å². The SMILES string of the molecule is Cc1ccc(C(=O)CCC(=O)NCC(=O)OCc2ccccc2)cc1. The van der Waals surface area contributed by atoms with Crippen LogP contribution in [0, 0.1) is 6.92 Å². The average Bonchev–Trinajstić information content (AvgIpc) is 2.64. The van der Waals surface area contributed by atoms with E-state index in [1.165, 1.54) is 0 Å². The topological polar surface area (TPSA) is 72.5 Å². The average molecular weight is 339 g/mol. The Bertz CT molecular complexity index is 723. The van der Waals surface area contributed by atoms with Crippen molar-refractivity contribution >= 4 is 17.7 Å². The molecule has 2 aromatic carbocycles. The molecule has 2 aromatic rings. The fraction of sp³-hybridized carbons (Fsp3) is 0.250. The number of benzene rings is 2. The molecule has 0 aromatic heterocycles. The number of hydrogen-bond donors (Lipinski definition) is 1. The second kappa shape index (κ2) is 9.37. The first-order chi connectivity index (χ1) is 12.0. The molecule has 0 aliphatic heterocycles. The molecule has 0 atom stereocenters. The molecule has 0 heterocycles. The van der Waals surface area contributed by atoms with E-state index < -0.39 is 5.97 Å². The lowest BCUT2D eigenvalue weighted by Crippen LogP contribution is -2.30. The molecule has 0 radical (unpaired) electrons. The number of carbonyl (C=O) groups excluding carboxylic acids is 3. The number of esters is 1. The third-order valence-corrected chi connectivity index (χ3v) is 3.63. The van der Waals surface area contributed by atoms with Gasteiger partial charge in [0.25, 0.3) is 0 Å². The molecule has 0 saturated heterocycles. The van der Waals surface area contributed by atoms with Gasteiger partial charge in [-0.25, -0.2) is 0 Å². The summed E-state index contributed by atoms with van der Waals surface area (Å²) >= 11 is 0. The minimum absolute atomic E-state index is 0.0404. The van der Waals surface area contributed by atoms with Crippen molar-refractivity contribution in [1.29, 1.82) is 0 Å². The maximum absolute atomic E-state index is 12.0. The van der Waals surface area contributed by atoms with Gasteiger partial charge in [-0.2, -0.15) is 0 Å². The van der Waals surface area contributed by atoms with Gasteiger partial charge in [0.05, 0.1) is 0 Å². The molecule has 0 saturated carbocycles. The van der Waals surface area contributed by atoms with Crippen molar-refractivity contribution < 1.29 is 19.1 Å². The van der Waals surface area contributed by atoms with Crippen LogP contribution in [0.2, 0.25) is 0 Å². The monoisotopic (exact) mass is 339 g/mol. The van der Waals surface area contributed by atoms with Gasteiger partial charge >= 0.3 is 5.97 Å². The molecular weight excluding hydrogens is 318 g/mol. The zero-order valence-corrected chi connectivity index (χ0v) is 14.2. The Balaban J connectivity index is 1.65. The number of ether oxygens (including phenoxy) is 1. The minimum Gasteiger partial charge on any atom is -0.460 e. The summed E-state index contributed by atoms with van der Waals surface area (Å²) in [7, 11) is 0. The Kier molecular flexibility index (Phi) is 6.89. The molecule has 0 spiro atoms. The fourth-order valence-electron chi connectivity index (χ4n) is 2.16. The Morgan fingerprint density at radius 1 is 0.920 bits per heavy atom. The lowest BCUT2D eigenvalue weighted by molar-refractivity contribution is -0.145. The predicted molar refractivity (Wildman–Crippen MR) is 94.0 cm³/mol. The highest BCUT2D eigenvalue weighted by Crippen LogP contribution is 2.07. The van der Waals surface area contributed by atoms with Gasteiger partial charge < -0.3 is 10.1 Å². The fourth-order valence-corrected chi connectivity index (χ4v) is 2.16. The Hall–Kier alpha value is -2.95. The van der Waals surface area contributed by atoms with Gasteiger partial charge in [0.1, 0.15) is 13.2 Å². The first kappa shape index (κ1) is 18.4. The van der Waals surface area contributed by atoms with Crippen LogP contribution >= 0.6 is 0 Å². The van der Waals surface area contributed by atoms with Crippen molar-refractivity contribution in [2.24, 2.45) is 0 Å². The van der Waals surface area contributed by atoms with Gasteiger partial charge in [0.2, 0.25) is 5.91 Å². The molecule has 2 rings (SSSR count). The van der Waals surface area contributed by atoms with E-state index in [4.69, 9.17) is 4.74 Å². The quantitative estimate of drug-likeness (QED) is 0.593. The highest BCUT2D eigenvalue weighted by molar-refractivity contribution is 5.98. The van der Waals surface area contributed by atoms with Gasteiger partial charge in [-0.3, -0.25) is 14.4 Å². The van der Waals surface area contributed by atoms with E-state index in [0.717, 1.165) is 11.1 Å². The second-order valence-corrected chi connectivity index (χ2v) is 5.71. The summed E-state index contributed by atoms with van der Waals surface area (Å²) in [5.74, 6) is -0.957. The third kappa shape index (κ3) is 6.59. The molecule has 0 fully saturated rings. The van der Waals surface area contributed by atoms with Gasteiger partial charge in [0.15, 0.2) is 5.78 Å². The lowest BCUT2D eigenvalue weighted by atomic mass is 10.1. The van der Waals surface area contributed by atoms with Crippen LogP contribution in [0.3, 0.4) is 0 Å². The van der Waals surface area contributed by atoms with Crippen molar-refractivity contribution in [2.75, 3.05) is 6.54 Å². The molecule has 1 N–H and O–H groups in total. The maximum atomic E-state index is 12.0. The molecule has 0 unspecified atom stereocenters. The smallest absolute Gasteiger partial charge is 0.325 e. The summed E-state index contributed by atoms with van der Waals surface area (Å²) in [5.41, 5.74) is 2.54. The molecule has 5 nitrogen and oxygen atoms in total. The molecule has 0 aliphatic carbocycles.